The molecule has 2 amide bonds. The zero-order chi connectivity index (χ0) is 15.8. The first-order valence-electron chi connectivity index (χ1n) is 7.07. The van der Waals surface area contributed by atoms with Gasteiger partial charge in [-0.1, -0.05) is 24.3 Å². The van der Waals surface area contributed by atoms with Crippen LogP contribution in [0, 0.1) is 0 Å². The molecular formula is C15H24N4O2. The van der Waals surface area contributed by atoms with Gasteiger partial charge in [0.1, 0.15) is 0 Å². The highest BCUT2D eigenvalue weighted by Gasteiger charge is 2.16. The fraction of sp³-hybridized carbons (Fsp3) is 0.467. The van der Waals surface area contributed by atoms with E-state index in [1.807, 2.05) is 31.2 Å². The van der Waals surface area contributed by atoms with Crippen molar-refractivity contribution in [2.45, 2.75) is 38.3 Å². The molecule has 0 saturated heterocycles. The molecule has 6 heteroatoms. The van der Waals surface area contributed by atoms with Crippen LogP contribution in [0.5, 0.6) is 0 Å². The second kappa shape index (κ2) is 8.39. The van der Waals surface area contributed by atoms with Crippen LogP contribution in [-0.2, 0) is 16.0 Å². The van der Waals surface area contributed by atoms with Gasteiger partial charge in [0.05, 0.1) is 18.5 Å². The molecule has 116 valence electrons. The van der Waals surface area contributed by atoms with E-state index >= 15 is 0 Å². The van der Waals surface area contributed by atoms with Crippen molar-refractivity contribution in [3.05, 3.63) is 35.4 Å². The minimum atomic E-state index is -0.537. The van der Waals surface area contributed by atoms with Crippen LogP contribution < -0.4 is 22.5 Å². The summed E-state index contributed by atoms with van der Waals surface area (Å²) in [4.78, 5) is 22.7. The molecule has 0 fully saturated rings. The molecule has 0 bridgehead atoms. The minimum Gasteiger partial charge on any atom is -0.369 e. The quantitative estimate of drug-likeness (QED) is 0.536. The van der Waals surface area contributed by atoms with Crippen molar-refractivity contribution in [3.63, 3.8) is 0 Å². The summed E-state index contributed by atoms with van der Waals surface area (Å²) < 4.78 is 0. The number of hydrogen-bond donors (Lipinski definition) is 4. The van der Waals surface area contributed by atoms with E-state index in [4.69, 9.17) is 17.2 Å². The van der Waals surface area contributed by atoms with E-state index in [0.717, 1.165) is 17.5 Å². The third-order valence-electron chi connectivity index (χ3n) is 3.27. The Balaban J connectivity index is 2.56. The van der Waals surface area contributed by atoms with Gasteiger partial charge >= 0.3 is 0 Å². The van der Waals surface area contributed by atoms with Crippen LogP contribution in [0.2, 0.25) is 0 Å². The van der Waals surface area contributed by atoms with Crippen LogP contribution in [0.15, 0.2) is 24.3 Å². The molecule has 0 aliphatic carbocycles. The summed E-state index contributed by atoms with van der Waals surface area (Å²) in [6.45, 7) is 2.41. The van der Waals surface area contributed by atoms with Crippen molar-refractivity contribution in [1.82, 2.24) is 5.32 Å². The molecule has 21 heavy (non-hydrogen) atoms. The number of benzene rings is 1. The van der Waals surface area contributed by atoms with Crippen LogP contribution in [0.25, 0.3) is 0 Å². The highest BCUT2D eigenvalue weighted by atomic mass is 16.2. The first kappa shape index (κ1) is 17.1. The average Bonchev–Trinajstić information content (AvgIpc) is 2.44. The molecule has 0 heterocycles. The second-order valence-corrected chi connectivity index (χ2v) is 5.15. The number of rotatable bonds is 8. The summed E-state index contributed by atoms with van der Waals surface area (Å²) in [5.41, 5.74) is 18.1. The van der Waals surface area contributed by atoms with Gasteiger partial charge in [-0.05, 0) is 37.4 Å². The zero-order valence-corrected chi connectivity index (χ0v) is 12.3. The van der Waals surface area contributed by atoms with Gasteiger partial charge < -0.3 is 22.5 Å². The van der Waals surface area contributed by atoms with Crippen LogP contribution in [0.1, 0.15) is 36.9 Å². The molecule has 6 nitrogen and oxygen atoms in total. The predicted octanol–water partition coefficient (Wildman–Crippen LogP) is -0.0422. The Bertz CT molecular complexity index is 473. The Morgan fingerprint density at radius 3 is 2.38 bits per heavy atom. The summed E-state index contributed by atoms with van der Waals surface area (Å²) in [5.74, 6) is -0.549. The van der Waals surface area contributed by atoms with Crippen LogP contribution in [0.3, 0.4) is 0 Å². The van der Waals surface area contributed by atoms with Crippen molar-refractivity contribution in [3.8, 4) is 0 Å². The third kappa shape index (κ3) is 5.93. The topological polar surface area (TPSA) is 124 Å². The van der Waals surface area contributed by atoms with Gasteiger partial charge in [0.2, 0.25) is 11.8 Å². The Kier molecular flexibility index (Phi) is 6.84. The lowest BCUT2D eigenvalue weighted by molar-refractivity contribution is -0.123. The van der Waals surface area contributed by atoms with E-state index in [-0.39, 0.29) is 24.3 Å². The number of carbonyl (C=O) groups is 2. The van der Waals surface area contributed by atoms with Gasteiger partial charge in [-0.3, -0.25) is 9.59 Å². The van der Waals surface area contributed by atoms with Gasteiger partial charge in [-0.2, -0.15) is 0 Å². The van der Waals surface area contributed by atoms with Gasteiger partial charge in [0.15, 0.2) is 0 Å². The summed E-state index contributed by atoms with van der Waals surface area (Å²) >= 11 is 0. The van der Waals surface area contributed by atoms with E-state index in [1.165, 1.54) is 0 Å². The predicted molar refractivity (Wildman–Crippen MR) is 82.2 cm³/mol. The lowest BCUT2D eigenvalue weighted by Crippen LogP contribution is -2.41. The fourth-order valence-corrected chi connectivity index (χ4v) is 2.00. The summed E-state index contributed by atoms with van der Waals surface area (Å²) in [6.07, 6.45) is 1.52. The van der Waals surface area contributed by atoms with Crippen LogP contribution in [0.4, 0.5) is 0 Å². The van der Waals surface area contributed by atoms with Crippen molar-refractivity contribution in [2.24, 2.45) is 17.2 Å². The standard InChI is InChI=1S/C15H24N4O2/c1-10(19-15(21)13(17)3-2-8-16)12-6-4-11(5-7-12)9-14(18)20/h4-7,10,13H,2-3,8-9,16-17H2,1H3,(H2,18,20)(H,19,21). The molecule has 0 aliphatic rings. The number of nitrogens with one attached hydrogen (secondary N) is 1. The molecule has 0 aliphatic heterocycles. The van der Waals surface area contributed by atoms with E-state index in [0.29, 0.717) is 13.0 Å². The van der Waals surface area contributed by atoms with Crippen molar-refractivity contribution in [1.29, 1.82) is 0 Å². The fourth-order valence-electron chi connectivity index (χ4n) is 2.00. The number of carbonyl (C=O) groups excluding carboxylic acids is 2. The highest BCUT2D eigenvalue weighted by Crippen LogP contribution is 2.14. The highest BCUT2D eigenvalue weighted by molar-refractivity contribution is 5.81. The lowest BCUT2D eigenvalue weighted by atomic mass is 10.0. The first-order chi connectivity index (χ1) is 9.93. The molecule has 0 radical (unpaired) electrons. The molecule has 0 spiro atoms. The molecule has 7 N–H and O–H groups in total. The molecule has 0 aromatic heterocycles. The molecule has 1 aromatic rings. The van der Waals surface area contributed by atoms with Crippen LogP contribution >= 0.6 is 0 Å². The Labute approximate surface area is 125 Å². The molecule has 1 aromatic carbocycles. The Morgan fingerprint density at radius 2 is 1.86 bits per heavy atom. The molecule has 2 unspecified atom stereocenters. The number of nitrogens with two attached hydrogens (primary N) is 3. The number of amides is 2. The Hall–Kier alpha value is -1.92. The van der Waals surface area contributed by atoms with Crippen LogP contribution in [-0.4, -0.2) is 24.4 Å². The third-order valence-corrected chi connectivity index (χ3v) is 3.27. The van der Waals surface area contributed by atoms with E-state index in [2.05, 4.69) is 5.32 Å². The molecule has 0 saturated carbocycles. The molecule has 1 rings (SSSR count). The van der Waals surface area contributed by atoms with Crippen molar-refractivity contribution >= 4 is 11.8 Å². The lowest BCUT2D eigenvalue weighted by Gasteiger charge is -2.18. The molecular weight excluding hydrogens is 268 g/mol. The SMILES string of the molecule is CC(NC(=O)C(N)CCCN)c1ccc(CC(N)=O)cc1. The van der Waals surface area contributed by atoms with Gasteiger partial charge in [-0.15, -0.1) is 0 Å². The number of hydrogen-bond acceptors (Lipinski definition) is 4. The van der Waals surface area contributed by atoms with E-state index in [1.54, 1.807) is 0 Å². The Morgan fingerprint density at radius 1 is 1.24 bits per heavy atom. The summed E-state index contributed by atoms with van der Waals surface area (Å²) in [5, 5.41) is 2.87. The second-order valence-electron chi connectivity index (χ2n) is 5.15. The van der Waals surface area contributed by atoms with Crippen molar-refractivity contribution < 1.29 is 9.59 Å². The summed E-state index contributed by atoms with van der Waals surface area (Å²) in [7, 11) is 0. The van der Waals surface area contributed by atoms with Gasteiger partial charge in [-0.25, -0.2) is 0 Å². The number of primary amides is 1. The normalized spacial score (nSPS) is 13.5. The smallest absolute Gasteiger partial charge is 0.237 e. The first-order valence-corrected chi connectivity index (χ1v) is 7.07. The summed E-state index contributed by atoms with van der Waals surface area (Å²) in [6, 6.07) is 6.71. The monoisotopic (exact) mass is 292 g/mol. The van der Waals surface area contributed by atoms with Gasteiger partial charge in [0.25, 0.3) is 0 Å². The maximum atomic E-state index is 11.9. The maximum absolute atomic E-state index is 11.9. The minimum absolute atomic E-state index is 0.149. The van der Waals surface area contributed by atoms with E-state index in [9.17, 15) is 9.59 Å². The average molecular weight is 292 g/mol. The van der Waals surface area contributed by atoms with E-state index < -0.39 is 6.04 Å². The largest absolute Gasteiger partial charge is 0.369 e. The van der Waals surface area contributed by atoms with Gasteiger partial charge in [0, 0.05) is 0 Å². The molecule has 2 atom stereocenters. The zero-order valence-electron chi connectivity index (χ0n) is 12.3. The van der Waals surface area contributed by atoms with Crippen molar-refractivity contribution in [2.75, 3.05) is 6.54 Å². The maximum Gasteiger partial charge on any atom is 0.237 e.